The largest absolute Gasteiger partial charge is 0.348 e. The van der Waals surface area contributed by atoms with E-state index in [1.807, 2.05) is 25.1 Å². The molecule has 0 saturated heterocycles. The zero-order chi connectivity index (χ0) is 15.7. The Balaban J connectivity index is 2.42. The van der Waals surface area contributed by atoms with Gasteiger partial charge in [-0.15, -0.1) is 0 Å². The molecule has 0 aliphatic carbocycles. The molecule has 0 fully saturated rings. The average Bonchev–Trinajstić information content (AvgIpc) is 2.47. The Labute approximate surface area is 127 Å². The minimum Gasteiger partial charge on any atom is -0.348 e. The van der Waals surface area contributed by atoms with Crippen LogP contribution in [0.1, 0.15) is 45.1 Å². The van der Waals surface area contributed by atoms with E-state index >= 15 is 0 Å². The summed E-state index contributed by atoms with van der Waals surface area (Å²) >= 11 is 0. The lowest BCUT2D eigenvalue weighted by atomic mass is 9.99. The summed E-state index contributed by atoms with van der Waals surface area (Å²) in [5.74, 6) is -0.724. The van der Waals surface area contributed by atoms with Crippen LogP contribution in [0, 0.1) is 12.8 Å². The first-order valence-electron chi connectivity index (χ1n) is 7.72. The van der Waals surface area contributed by atoms with Crippen molar-refractivity contribution in [2.24, 2.45) is 5.92 Å². The van der Waals surface area contributed by atoms with Crippen LogP contribution < -0.4 is 10.6 Å². The number of hydrogen-bond acceptors (Lipinski definition) is 2. The molecule has 0 aromatic heterocycles. The second kappa shape index (κ2) is 9.16. The topological polar surface area (TPSA) is 58.2 Å². The van der Waals surface area contributed by atoms with Gasteiger partial charge in [0.25, 0.3) is 0 Å². The van der Waals surface area contributed by atoms with Crippen molar-refractivity contribution in [1.82, 2.24) is 5.32 Å². The molecule has 0 radical (unpaired) electrons. The first-order valence-corrected chi connectivity index (χ1v) is 7.72. The molecule has 1 aromatic carbocycles. The molecule has 0 aliphatic rings. The molecule has 0 heterocycles. The third-order valence-corrected chi connectivity index (χ3v) is 3.58. The summed E-state index contributed by atoms with van der Waals surface area (Å²) in [6.45, 7) is 6.77. The zero-order valence-electron chi connectivity index (χ0n) is 13.2. The molecule has 1 unspecified atom stereocenters. The number of benzene rings is 1. The first kappa shape index (κ1) is 17.2. The Morgan fingerprint density at radius 2 is 1.95 bits per heavy atom. The van der Waals surface area contributed by atoms with Crippen molar-refractivity contribution >= 4 is 17.5 Å². The van der Waals surface area contributed by atoms with Gasteiger partial charge in [0.1, 0.15) is 0 Å². The number of rotatable bonds is 7. The van der Waals surface area contributed by atoms with Crippen LogP contribution in [0.2, 0.25) is 0 Å². The first-order chi connectivity index (χ1) is 10.1. The van der Waals surface area contributed by atoms with Crippen molar-refractivity contribution < 1.29 is 9.59 Å². The Morgan fingerprint density at radius 3 is 2.57 bits per heavy atom. The fourth-order valence-electron chi connectivity index (χ4n) is 2.17. The molecule has 1 rings (SSSR count). The van der Waals surface area contributed by atoms with Gasteiger partial charge < -0.3 is 10.6 Å². The smallest absolute Gasteiger partial charge is 0.313 e. The molecular formula is C17H26N2O2. The summed E-state index contributed by atoms with van der Waals surface area (Å²) in [5, 5.41) is 5.34. The van der Waals surface area contributed by atoms with E-state index < -0.39 is 11.8 Å². The maximum atomic E-state index is 11.8. The molecule has 1 aromatic rings. The fourth-order valence-corrected chi connectivity index (χ4v) is 2.17. The number of hydrogen-bond donors (Lipinski definition) is 2. The second-order valence-electron chi connectivity index (χ2n) is 5.45. The fraction of sp³-hybridized carbons (Fsp3) is 0.529. The number of nitrogens with one attached hydrogen (secondary N) is 2. The number of amides is 2. The summed E-state index contributed by atoms with van der Waals surface area (Å²) in [5.41, 5.74) is 1.69. The van der Waals surface area contributed by atoms with Gasteiger partial charge in [-0.05, 0) is 37.0 Å². The lowest BCUT2D eigenvalue weighted by Gasteiger charge is -2.15. The lowest BCUT2D eigenvalue weighted by molar-refractivity contribution is -0.136. The van der Waals surface area contributed by atoms with Gasteiger partial charge in [-0.2, -0.15) is 0 Å². The van der Waals surface area contributed by atoms with Crippen LogP contribution in [-0.2, 0) is 9.59 Å². The maximum Gasteiger partial charge on any atom is 0.313 e. The number of carbonyl (C=O) groups is 2. The maximum absolute atomic E-state index is 11.8. The van der Waals surface area contributed by atoms with E-state index in [0.29, 0.717) is 18.2 Å². The van der Waals surface area contributed by atoms with E-state index in [-0.39, 0.29) is 0 Å². The van der Waals surface area contributed by atoms with Crippen molar-refractivity contribution in [3.63, 3.8) is 0 Å². The van der Waals surface area contributed by atoms with Crippen molar-refractivity contribution in [2.45, 2.75) is 46.5 Å². The SMILES string of the molecule is CCCCC(CC)CNC(=O)C(=O)Nc1cccc(C)c1. The molecule has 1 atom stereocenters. The van der Waals surface area contributed by atoms with Crippen LogP contribution in [0.25, 0.3) is 0 Å². The van der Waals surface area contributed by atoms with Crippen LogP contribution in [0.5, 0.6) is 0 Å². The van der Waals surface area contributed by atoms with E-state index in [1.54, 1.807) is 6.07 Å². The minimum absolute atomic E-state index is 0.445. The van der Waals surface area contributed by atoms with E-state index in [2.05, 4.69) is 24.5 Å². The van der Waals surface area contributed by atoms with Crippen molar-refractivity contribution in [3.8, 4) is 0 Å². The molecule has 4 heteroatoms. The summed E-state index contributed by atoms with van der Waals surface area (Å²) < 4.78 is 0. The van der Waals surface area contributed by atoms with Gasteiger partial charge >= 0.3 is 11.8 Å². The molecule has 0 aliphatic heterocycles. The Morgan fingerprint density at radius 1 is 1.19 bits per heavy atom. The van der Waals surface area contributed by atoms with Crippen LogP contribution in [0.3, 0.4) is 0 Å². The summed E-state index contributed by atoms with van der Waals surface area (Å²) in [6, 6.07) is 7.39. The monoisotopic (exact) mass is 290 g/mol. The van der Waals surface area contributed by atoms with Gasteiger partial charge in [0.05, 0.1) is 0 Å². The van der Waals surface area contributed by atoms with Gasteiger partial charge in [0.15, 0.2) is 0 Å². The van der Waals surface area contributed by atoms with Crippen LogP contribution in [0.4, 0.5) is 5.69 Å². The molecule has 4 nitrogen and oxygen atoms in total. The van der Waals surface area contributed by atoms with Gasteiger partial charge in [0, 0.05) is 12.2 Å². The Bertz CT molecular complexity index is 472. The molecule has 0 spiro atoms. The minimum atomic E-state index is -0.606. The lowest BCUT2D eigenvalue weighted by Crippen LogP contribution is -2.38. The summed E-state index contributed by atoms with van der Waals surface area (Å²) in [6.07, 6.45) is 4.41. The van der Waals surface area contributed by atoms with E-state index in [9.17, 15) is 9.59 Å². The quantitative estimate of drug-likeness (QED) is 0.757. The van der Waals surface area contributed by atoms with Crippen LogP contribution in [-0.4, -0.2) is 18.4 Å². The predicted octanol–water partition coefficient (Wildman–Crippen LogP) is 3.27. The standard InChI is InChI=1S/C17H26N2O2/c1-4-6-9-14(5-2)12-18-16(20)17(21)19-15-10-7-8-13(3)11-15/h7-8,10-11,14H,4-6,9,12H2,1-3H3,(H,18,20)(H,19,21). The van der Waals surface area contributed by atoms with Crippen LogP contribution in [0.15, 0.2) is 24.3 Å². The molecule has 2 amide bonds. The third-order valence-electron chi connectivity index (χ3n) is 3.58. The number of unbranched alkanes of at least 4 members (excludes halogenated alkanes) is 1. The van der Waals surface area contributed by atoms with Crippen molar-refractivity contribution in [3.05, 3.63) is 29.8 Å². The normalized spacial score (nSPS) is 11.8. The number of aryl methyl sites for hydroxylation is 1. The second-order valence-corrected chi connectivity index (χ2v) is 5.45. The van der Waals surface area contributed by atoms with Crippen molar-refractivity contribution in [2.75, 3.05) is 11.9 Å². The predicted molar refractivity (Wildman–Crippen MR) is 86.1 cm³/mol. The number of anilines is 1. The van der Waals surface area contributed by atoms with Crippen molar-refractivity contribution in [1.29, 1.82) is 0 Å². The van der Waals surface area contributed by atoms with E-state index in [1.165, 1.54) is 0 Å². The van der Waals surface area contributed by atoms with E-state index in [4.69, 9.17) is 0 Å². The van der Waals surface area contributed by atoms with E-state index in [0.717, 1.165) is 31.2 Å². The summed E-state index contributed by atoms with van der Waals surface area (Å²) in [4.78, 5) is 23.6. The average molecular weight is 290 g/mol. The molecule has 2 N–H and O–H groups in total. The molecule has 0 saturated carbocycles. The zero-order valence-corrected chi connectivity index (χ0v) is 13.2. The molecule has 116 valence electrons. The highest BCUT2D eigenvalue weighted by Gasteiger charge is 2.15. The Hall–Kier alpha value is -1.84. The highest BCUT2D eigenvalue weighted by atomic mass is 16.2. The Kier molecular flexibility index (Phi) is 7.51. The third kappa shape index (κ3) is 6.43. The van der Waals surface area contributed by atoms with Gasteiger partial charge in [-0.3, -0.25) is 9.59 Å². The van der Waals surface area contributed by atoms with Crippen LogP contribution >= 0.6 is 0 Å². The highest BCUT2D eigenvalue weighted by Crippen LogP contribution is 2.11. The highest BCUT2D eigenvalue weighted by molar-refractivity contribution is 6.39. The summed E-state index contributed by atoms with van der Waals surface area (Å²) in [7, 11) is 0. The number of carbonyl (C=O) groups excluding carboxylic acids is 2. The molecule has 21 heavy (non-hydrogen) atoms. The van der Waals surface area contributed by atoms with Gasteiger partial charge in [-0.25, -0.2) is 0 Å². The van der Waals surface area contributed by atoms with Gasteiger partial charge in [-0.1, -0.05) is 45.2 Å². The molecular weight excluding hydrogens is 264 g/mol. The molecule has 0 bridgehead atoms. The van der Waals surface area contributed by atoms with Gasteiger partial charge in [0.2, 0.25) is 0 Å².